The van der Waals surface area contributed by atoms with Gasteiger partial charge in [0.2, 0.25) is 0 Å². The fourth-order valence-corrected chi connectivity index (χ4v) is 1.59. The van der Waals surface area contributed by atoms with Gasteiger partial charge < -0.3 is 24.6 Å². The molecule has 10 nitrogen and oxygen atoms in total. The van der Waals surface area contributed by atoms with E-state index in [0.29, 0.717) is 0 Å². The van der Waals surface area contributed by atoms with E-state index in [4.69, 9.17) is 15.1 Å². The zero-order valence-corrected chi connectivity index (χ0v) is 10.7. The van der Waals surface area contributed by atoms with Crippen LogP contribution in [-0.4, -0.2) is 66.7 Å². The molecule has 0 aromatic carbocycles. The van der Waals surface area contributed by atoms with E-state index in [1.54, 1.807) is 0 Å². The van der Waals surface area contributed by atoms with Crippen molar-refractivity contribution in [2.45, 2.75) is 12.2 Å². The van der Waals surface area contributed by atoms with E-state index < -0.39 is 39.9 Å². The van der Waals surface area contributed by atoms with Crippen molar-refractivity contribution in [2.24, 2.45) is 0 Å². The molecule has 0 aliphatic carbocycles. The van der Waals surface area contributed by atoms with Crippen molar-refractivity contribution in [3.8, 4) is 0 Å². The summed E-state index contributed by atoms with van der Waals surface area (Å²) in [6.45, 7) is -2.02. The van der Waals surface area contributed by atoms with Gasteiger partial charge >= 0.3 is 7.82 Å². The first kappa shape index (κ1) is 18.0. The smallest absolute Gasteiger partial charge is 0.464 e. The van der Waals surface area contributed by atoms with Crippen LogP contribution in [0.4, 0.5) is 0 Å². The van der Waals surface area contributed by atoms with Crippen molar-refractivity contribution in [3.63, 3.8) is 0 Å². The molecule has 3 N–H and O–H groups in total. The van der Waals surface area contributed by atoms with E-state index in [2.05, 4.69) is 18.5 Å². The van der Waals surface area contributed by atoms with Gasteiger partial charge in [-0.15, -0.1) is 0 Å². The van der Waals surface area contributed by atoms with Crippen molar-refractivity contribution in [3.05, 3.63) is 0 Å². The zero-order valence-electron chi connectivity index (χ0n) is 9.78. The summed E-state index contributed by atoms with van der Waals surface area (Å²) >= 11 is 0. The quantitative estimate of drug-likeness (QED) is 0.278. The van der Waals surface area contributed by atoms with Gasteiger partial charge in [0.25, 0.3) is 12.9 Å². The molecule has 0 saturated heterocycles. The van der Waals surface area contributed by atoms with Crippen LogP contribution in [0.15, 0.2) is 0 Å². The molecule has 0 amide bonds. The number of ether oxygens (including phenoxy) is 2. The van der Waals surface area contributed by atoms with E-state index in [1.807, 2.05) is 0 Å². The first-order valence-electron chi connectivity index (χ1n) is 5.00. The SMILES string of the molecule is O=COC[C@H](COP(=O)(O)OCC(O)CO)OC=O. The number of aliphatic hydroxyl groups is 2. The number of carbonyl (C=O) groups excluding carboxylic acids is 2. The fraction of sp³-hybridized carbons (Fsp3) is 0.750. The molecular formula is C8H15O10P. The third-order valence-electron chi connectivity index (χ3n) is 1.66. The molecule has 0 spiro atoms. The standard InChI is InChI=1S/C8H15O10P/c9-1-7(12)2-17-19(13,14)18-4-8(16-6-11)3-15-5-10/h5-9,12H,1-4H2,(H,13,14)/t7?,8-/m1/s1. The van der Waals surface area contributed by atoms with Crippen molar-refractivity contribution in [2.75, 3.05) is 26.4 Å². The Balaban J connectivity index is 4.12. The highest BCUT2D eigenvalue weighted by Crippen LogP contribution is 2.43. The fourth-order valence-electron chi connectivity index (χ4n) is 0.799. The summed E-state index contributed by atoms with van der Waals surface area (Å²) in [5, 5.41) is 17.4. The van der Waals surface area contributed by atoms with Gasteiger partial charge in [-0.05, 0) is 0 Å². The normalized spacial score (nSPS) is 17.0. The van der Waals surface area contributed by atoms with Gasteiger partial charge in [0.05, 0.1) is 19.8 Å². The van der Waals surface area contributed by atoms with Crippen molar-refractivity contribution in [1.29, 1.82) is 0 Å². The Hall–Kier alpha value is -1.03. The summed E-state index contributed by atoms with van der Waals surface area (Å²) in [6.07, 6.45) is -2.40. The molecule has 0 radical (unpaired) electrons. The van der Waals surface area contributed by atoms with Crippen molar-refractivity contribution >= 4 is 20.8 Å². The molecule has 0 rings (SSSR count). The molecule has 112 valence electrons. The first-order chi connectivity index (χ1) is 8.95. The molecule has 0 aliphatic rings. The lowest BCUT2D eigenvalue weighted by atomic mass is 10.4. The average molecular weight is 302 g/mol. The number of hydrogen-bond donors (Lipinski definition) is 3. The molecule has 0 aromatic rings. The minimum Gasteiger partial charge on any atom is -0.464 e. The number of phosphoric ester groups is 1. The maximum absolute atomic E-state index is 11.3. The molecule has 0 saturated carbocycles. The highest BCUT2D eigenvalue weighted by atomic mass is 31.2. The van der Waals surface area contributed by atoms with Gasteiger partial charge in [0, 0.05) is 0 Å². The monoisotopic (exact) mass is 302 g/mol. The molecular weight excluding hydrogens is 287 g/mol. The Bertz CT molecular complexity index is 308. The summed E-state index contributed by atoms with van der Waals surface area (Å²) < 4.78 is 28.8. The van der Waals surface area contributed by atoms with Crippen LogP contribution in [-0.2, 0) is 32.7 Å². The number of hydrogen-bond acceptors (Lipinski definition) is 9. The van der Waals surface area contributed by atoms with Crippen LogP contribution < -0.4 is 0 Å². The van der Waals surface area contributed by atoms with Crippen LogP contribution in [0.1, 0.15) is 0 Å². The predicted octanol–water partition coefficient (Wildman–Crippen LogP) is -1.81. The number of phosphoric acid groups is 1. The topological polar surface area (TPSA) is 149 Å². The lowest BCUT2D eigenvalue weighted by Gasteiger charge is -2.17. The molecule has 0 heterocycles. The molecule has 2 unspecified atom stereocenters. The second-order valence-electron chi connectivity index (χ2n) is 3.18. The maximum atomic E-state index is 11.3. The Morgan fingerprint density at radius 1 is 1.11 bits per heavy atom. The summed E-state index contributed by atoms with van der Waals surface area (Å²) in [5.41, 5.74) is 0. The second-order valence-corrected chi connectivity index (χ2v) is 4.63. The van der Waals surface area contributed by atoms with Crippen LogP contribution in [0.25, 0.3) is 0 Å². The highest BCUT2D eigenvalue weighted by molar-refractivity contribution is 7.47. The third-order valence-corrected chi connectivity index (χ3v) is 2.61. The van der Waals surface area contributed by atoms with Crippen LogP contribution >= 0.6 is 7.82 Å². The van der Waals surface area contributed by atoms with E-state index >= 15 is 0 Å². The Kier molecular flexibility index (Phi) is 9.31. The molecule has 0 bridgehead atoms. The third kappa shape index (κ3) is 9.54. The second kappa shape index (κ2) is 9.84. The van der Waals surface area contributed by atoms with Gasteiger partial charge in [-0.25, -0.2) is 4.57 Å². The van der Waals surface area contributed by atoms with E-state index in [1.165, 1.54) is 0 Å². The van der Waals surface area contributed by atoms with Crippen LogP contribution in [0.2, 0.25) is 0 Å². The van der Waals surface area contributed by atoms with Gasteiger partial charge in [-0.2, -0.15) is 0 Å². The summed E-state index contributed by atoms with van der Waals surface area (Å²) in [5.74, 6) is 0. The Labute approximate surface area is 108 Å². The first-order valence-corrected chi connectivity index (χ1v) is 6.50. The number of aliphatic hydroxyl groups excluding tert-OH is 2. The minimum atomic E-state index is -4.48. The predicted molar refractivity (Wildman–Crippen MR) is 57.8 cm³/mol. The number of carbonyl (C=O) groups is 2. The molecule has 0 aromatic heterocycles. The van der Waals surface area contributed by atoms with Crippen LogP contribution in [0, 0.1) is 0 Å². The molecule has 0 fully saturated rings. The number of rotatable bonds is 12. The zero-order chi connectivity index (χ0) is 14.7. The van der Waals surface area contributed by atoms with Gasteiger partial charge in [-0.1, -0.05) is 0 Å². The van der Waals surface area contributed by atoms with Crippen LogP contribution in [0.5, 0.6) is 0 Å². The van der Waals surface area contributed by atoms with Crippen LogP contribution in [0.3, 0.4) is 0 Å². The van der Waals surface area contributed by atoms with E-state index in [0.717, 1.165) is 0 Å². The van der Waals surface area contributed by atoms with Gasteiger partial charge in [-0.3, -0.25) is 18.6 Å². The summed E-state index contributed by atoms with van der Waals surface area (Å²) in [4.78, 5) is 29.2. The summed E-state index contributed by atoms with van der Waals surface area (Å²) in [7, 11) is -4.48. The van der Waals surface area contributed by atoms with Crippen molar-refractivity contribution < 1.29 is 47.8 Å². The van der Waals surface area contributed by atoms with E-state index in [-0.39, 0.29) is 19.6 Å². The molecule has 0 aliphatic heterocycles. The van der Waals surface area contributed by atoms with Crippen molar-refractivity contribution in [1.82, 2.24) is 0 Å². The Morgan fingerprint density at radius 2 is 1.74 bits per heavy atom. The minimum absolute atomic E-state index is 0.0564. The van der Waals surface area contributed by atoms with Gasteiger partial charge in [0.15, 0.2) is 6.10 Å². The molecule has 3 atom stereocenters. The van der Waals surface area contributed by atoms with Gasteiger partial charge in [0.1, 0.15) is 12.7 Å². The molecule has 19 heavy (non-hydrogen) atoms. The molecule has 11 heteroatoms. The Morgan fingerprint density at radius 3 is 2.26 bits per heavy atom. The lowest BCUT2D eigenvalue weighted by Crippen LogP contribution is -2.25. The lowest BCUT2D eigenvalue weighted by molar-refractivity contribution is -0.144. The highest BCUT2D eigenvalue weighted by Gasteiger charge is 2.25. The average Bonchev–Trinajstić information content (AvgIpc) is 2.39. The summed E-state index contributed by atoms with van der Waals surface area (Å²) in [6, 6.07) is 0. The largest absolute Gasteiger partial charge is 0.472 e. The maximum Gasteiger partial charge on any atom is 0.472 e. The van der Waals surface area contributed by atoms with E-state index in [9.17, 15) is 14.2 Å².